The molecule has 6 rings (SSSR count). The number of thiophene rings is 1. The van der Waals surface area contributed by atoms with Crippen molar-refractivity contribution in [1.82, 2.24) is 4.90 Å². The second kappa shape index (κ2) is 7.39. The van der Waals surface area contributed by atoms with E-state index in [1.165, 1.54) is 37.3 Å². The number of carbonyl (C=O) groups is 2. The fraction of sp³-hybridized carbons (Fsp3) is 0.333. The molecule has 3 aliphatic rings. The van der Waals surface area contributed by atoms with E-state index in [-0.39, 0.29) is 11.3 Å². The Labute approximate surface area is 173 Å². The Morgan fingerprint density at radius 3 is 2.59 bits per heavy atom. The van der Waals surface area contributed by atoms with E-state index in [0.717, 1.165) is 32.6 Å². The third-order valence-corrected chi connectivity index (χ3v) is 7.70. The van der Waals surface area contributed by atoms with Crippen LogP contribution in [0.3, 0.4) is 0 Å². The summed E-state index contributed by atoms with van der Waals surface area (Å²) in [5, 5.41) is 10.3. The van der Waals surface area contributed by atoms with Crippen LogP contribution in [0.4, 0.5) is 0 Å². The lowest BCUT2D eigenvalue weighted by atomic mass is 9.76. The van der Waals surface area contributed by atoms with Crippen molar-refractivity contribution in [2.24, 2.45) is 11.8 Å². The largest absolute Gasteiger partial charge is 0.478 e. The summed E-state index contributed by atoms with van der Waals surface area (Å²) >= 11 is 1.54. The van der Waals surface area contributed by atoms with Gasteiger partial charge in [0.05, 0.1) is 10.4 Å². The minimum Gasteiger partial charge on any atom is -0.478 e. The molecule has 148 valence electrons. The van der Waals surface area contributed by atoms with Crippen molar-refractivity contribution in [3.63, 3.8) is 0 Å². The monoisotopic (exact) mass is 405 g/mol. The fourth-order valence-electron chi connectivity index (χ4n) is 4.91. The number of ketones is 1. The minimum atomic E-state index is -0.932. The molecule has 4 nitrogen and oxygen atoms in total. The lowest BCUT2D eigenvalue weighted by Crippen LogP contribution is -2.47. The van der Waals surface area contributed by atoms with E-state index in [0.29, 0.717) is 18.3 Å². The van der Waals surface area contributed by atoms with E-state index in [1.807, 2.05) is 30.3 Å². The molecule has 0 radical (unpaired) electrons. The van der Waals surface area contributed by atoms with Gasteiger partial charge in [-0.2, -0.15) is 0 Å². The summed E-state index contributed by atoms with van der Waals surface area (Å²) in [6, 6.07) is 15.0. The number of carboxylic acid groups (broad SMARTS) is 1. The van der Waals surface area contributed by atoms with E-state index in [1.54, 1.807) is 18.2 Å². The van der Waals surface area contributed by atoms with Gasteiger partial charge in [-0.25, -0.2) is 4.79 Å². The molecule has 2 aromatic carbocycles. The van der Waals surface area contributed by atoms with Crippen molar-refractivity contribution in [3.05, 3.63) is 59.0 Å². The lowest BCUT2D eigenvalue weighted by molar-refractivity contribution is 0.0442. The molecule has 1 N–H and O–H groups in total. The van der Waals surface area contributed by atoms with Crippen LogP contribution in [0.1, 0.15) is 39.3 Å². The van der Waals surface area contributed by atoms with Gasteiger partial charge in [0, 0.05) is 17.7 Å². The van der Waals surface area contributed by atoms with Crippen LogP contribution >= 0.6 is 11.3 Å². The van der Waals surface area contributed by atoms with Crippen LogP contribution in [0.25, 0.3) is 21.2 Å². The average molecular weight is 406 g/mol. The molecule has 4 heterocycles. The highest BCUT2D eigenvalue weighted by Crippen LogP contribution is 2.38. The summed E-state index contributed by atoms with van der Waals surface area (Å²) in [5.41, 5.74) is 2.13. The Morgan fingerprint density at radius 2 is 1.86 bits per heavy atom. The molecule has 3 fully saturated rings. The van der Waals surface area contributed by atoms with E-state index in [2.05, 4.69) is 4.90 Å². The van der Waals surface area contributed by atoms with Crippen molar-refractivity contribution in [2.75, 3.05) is 19.6 Å². The number of hydrogen-bond acceptors (Lipinski definition) is 4. The zero-order valence-corrected chi connectivity index (χ0v) is 17.0. The molecule has 29 heavy (non-hydrogen) atoms. The van der Waals surface area contributed by atoms with Crippen molar-refractivity contribution in [1.29, 1.82) is 0 Å². The third-order valence-electron chi connectivity index (χ3n) is 6.48. The van der Waals surface area contributed by atoms with Crippen LogP contribution < -0.4 is 0 Å². The molecular weight excluding hydrogens is 382 g/mol. The van der Waals surface area contributed by atoms with Gasteiger partial charge >= 0.3 is 5.97 Å². The standard InChI is InChI=1S/C24H23NO3S/c26-21(12-19-14-25-9-7-15(19)8-10-25)22-13-17-4-2-6-20(23(17)29-22)16-3-1-5-18(11-16)24(27)28/h1-6,11,13,15,19H,7-10,12,14H2,(H,27,28)/t19-/m0/s1. The van der Waals surface area contributed by atoms with Gasteiger partial charge < -0.3 is 10.0 Å². The molecule has 1 aromatic heterocycles. The van der Waals surface area contributed by atoms with Gasteiger partial charge in [-0.1, -0.05) is 30.3 Å². The molecule has 0 unspecified atom stereocenters. The number of aromatic carboxylic acids is 1. The highest BCUT2D eigenvalue weighted by atomic mass is 32.1. The molecular formula is C24H23NO3S. The molecule has 3 aromatic rings. The maximum absolute atomic E-state index is 13.1. The molecule has 3 saturated heterocycles. The number of nitrogens with zero attached hydrogens (tertiary/aromatic N) is 1. The van der Waals surface area contributed by atoms with E-state index >= 15 is 0 Å². The van der Waals surface area contributed by atoms with Gasteiger partial charge in [0.2, 0.25) is 0 Å². The van der Waals surface area contributed by atoms with Gasteiger partial charge in [0.25, 0.3) is 0 Å². The van der Waals surface area contributed by atoms with Gasteiger partial charge in [0.1, 0.15) is 0 Å². The quantitative estimate of drug-likeness (QED) is 0.594. The number of hydrogen-bond donors (Lipinski definition) is 1. The summed E-state index contributed by atoms with van der Waals surface area (Å²) in [5.74, 6) is 0.503. The van der Waals surface area contributed by atoms with Crippen LogP contribution in [0.2, 0.25) is 0 Å². The minimum absolute atomic E-state index is 0.246. The van der Waals surface area contributed by atoms with E-state index < -0.39 is 5.97 Å². The molecule has 0 amide bonds. The third kappa shape index (κ3) is 3.49. The van der Waals surface area contributed by atoms with Crippen molar-refractivity contribution < 1.29 is 14.7 Å². The lowest BCUT2D eigenvalue weighted by Gasteiger charge is -2.44. The van der Waals surface area contributed by atoms with Gasteiger partial charge in [-0.05, 0) is 72.5 Å². The summed E-state index contributed by atoms with van der Waals surface area (Å²) in [4.78, 5) is 27.7. The maximum Gasteiger partial charge on any atom is 0.335 e. The number of benzene rings is 2. The number of rotatable bonds is 5. The van der Waals surface area contributed by atoms with Gasteiger partial charge in [-0.15, -0.1) is 11.3 Å². The normalized spacial score (nSPS) is 23.4. The first-order valence-corrected chi connectivity index (χ1v) is 11.0. The Balaban J connectivity index is 1.45. The predicted molar refractivity (Wildman–Crippen MR) is 116 cm³/mol. The molecule has 3 aliphatic heterocycles. The van der Waals surface area contributed by atoms with Crippen LogP contribution in [-0.2, 0) is 0 Å². The second-order valence-corrected chi connectivity index (χ2v) is 9.30. The smallest absolute Gasteiger partial charge is 0.335 e. The summed E-state index contributed by atoms with van der Waals surface area (Å²) < 4.78 is 1.05. The molecule has 0 saturated carbocycles. The molecule has 2 bridgehead atoms. The van der Waals surface area contributed by atoms with Crippen molar-refractivity contribution in [3.8, 4) is 11.1 Å². The Morgan fingerprint density at radius 1 is 1.07 bits per heavy atom. The topological polar surface area (TPSA) is 57.6 Å². The highest BCUT2D eigenvalue weighted by Gasteiger charge is 2.35. The second-order valence-electron chi connectivity index (χ2n) is 8.25. The summed E-state index contributed by atoms with van der Waals surface area (Å²) in [7, 11) is 0. The number of carbonyl (C=O) groups excluding carboxylic acids is 1. The first-order valence-electron chi connectivity index (χ1n) is 10.2. The Kier molecular flexibility index (Phi) is 4.72. The van der Waals surface area contributed by atoms with Gasteiger partial charge in [-0.3, -0.25) is 4.79 Å². The van der Waals surface area contributed by atoms with Crippen LogP contribution in [0.15, 0.2) is 48.5 Å². The highest BCUT2D eigenvalue weighted by molar-refractivity contribution is 7.21. The van der Waals surface area contributed by atoms with Crippen LogP contribution in [-0.4, -0.2) is 41.4 Å². The first-order chi connectivity index (χ1) is 14.1. The fourth-order valence-corrected chi connectivity index (χ4v) is 6.05. The number of fused-ring (bicyclic) bond motifs is 4. The summed E-state index contributed by atoms with van der Waals surface area (Å²) in [6.45, 7) is 3.45. The Bertz CT molecular complexity index is 1090. The number of piperidine rings is 3. The number of Topliss-reactive ketones (excluding diaryl/α,β-unsaturated/α-hetero) is 1. The molecule has 0 spiro atoms. The zero-order valence-electron chi connectivity index (χ0n) is 16.1. The average Bonchev–Trinajstić information content (AvgIpc) is 3.19. The molecule has 5 heteroatoms. The summed E-state index contributed by atoms with van der Waals surface area (Å²) in [6.07, 6.45) is 3.10. The molecule has 1 atom stereocenters. The van der Waals surface area contributed by atoms with Crippen LogP contribution in [0, 0.1) is 11.8 Å². The van der Waals surface area contributed by atoms with Crippen LogP contribution in [0.5, 0.6) is 0 Å². The van der Waals surface area contributed by atoms with Gasteiger partial charge in [0.15, 0.2) is 5.78 Å². The SMILES string of the molecule is O=C(O)c1cccc(-c2cccc3cc(C(=O)C[C@H]4CN5CCC4CC5)sc23)c1. The van der Waals surface area contributed by atoms with E-state index in [4.69, 9.17) is 0 Å². The first kappa shape index (κ1) is 18.5. The zero-order chi connectivity index (χ0) is 20.0. The predicted octanol–water partition coefficient (Wildman–Crippen LogP) is 5.18. The van der Waals surface area contributed by atoms with E-state index in [9.17, 15) is 14.7 Å². The van der Waals surface area contributed by atoms with Crippen molar-refractivity contribution >= 4 is 33.2 Å². The Hall–Kier alpha value is -2.50. The van der Waals surface area contributed by atoms with Crippen molar-refractivity contribution in [2.45, 2.75) is 19.3 Å². The number of carboxylic acids is 1. The maximum atomic E-state index is 13.1. The molecule has 0 aliphatic carbocycles.